The van der Waals surface area contributed by atoms with Gasteiger partial charge in [0, 0.05) is 5.56 Å². The standard InChI is InChI=1S/C14H20O2S/c1-5-8-17-9-13(15)12-6-7-14(16-4)11(3)10(12)2/h6-7H,5,8-9H2,1-4H3. The van der Waals surface area contributed by atoms with Crippen molar-refractivity contribution in [2.24, 2.45) is 0 Å². The lowest BCUT2D eigenvalue weighted by Crippen LogP contribution is -2.07. The van der Waals surface area contributed by atoms with Crippen LogP contribution in [0.4, 0.5) is 0 Å². The summed E-state index contributed by atoms with van der Waals surface area (Å²) < 4.78 is 5.24. The SMILES string of the molecule is CCCSCC(=O)c1ccc(OC)c(C)c1C. The molecule has 0 radical (unpaired) electrons. The van der Waals surface area contributed by atoms with Gasteiger partial charge < -0.3 is 4.74 Å². The number of hydrogen-bond acceptors (Lipinski definition) is 3. The van der Waals surface area contributed by atoms with Gasteiger partial charge in [-0.1, -0.05) is 6.92 Å². The Hall–Kier alpha value is -0.960. The molecule has 0 heterocycles. The number of ketones is 1. The Bertz CT molecular complexity index is 399. The zero-order valence-electron chi connectivity index (χ0n) is 11.0. The van der Waals surface area contributed by atoms with E-state index in [1.807, 2.05) is 26.0 Å². The van der Waals surface area contributed by atoms with Crippen LogP contribution in [0.5, 0.6) is 5.75 Å². The fourth-order valence-electron chi connectivity index (χ4n) is 1.71. The normalized spacial score (nSPS) is 10.4. The summed E-state index contributed by atoms with van der Waals surface area (Å²) in [6.45, 7) is 6.10. The minimum absolute atomic E-state index is 0.215. The number of benzene rings is 1. The van der Waals surface area contributed by atoms with Crippen molar-refractivity contribution in [1.82, 2.24) is 0 Å². The van der Waals surface area contributed by atoms with Crippen molar-refractivity contribution in [2.45, 2.75) is 27.2 Å². The molecule has 0 N–H and O–H groups in total. The van der Waals surface area contributed by atoms with E-state index >= 15 is 0 Å². The molecule has 0 atom stereocenters. The number of carbonyl (C=O) groups is 1. The molecule has 0 saturated carbocycles. The molecule has 17 heavy (non-hydrogen) atoms. The van der Waals surface area contributed by atoms with E-state index in [9.17, 15) is 4.79 Å². The third-order valence-electron chi connectivity index (χ3n) is 2.84. The minimum atomic E-state index is 0.215. The number of rotatable bonds is 6. The van der Waals surface area contributed by atoms with Gasteiger partial charge in [0.25, 0.3) is 0 Å². The summed E-state index contributed by atoms with van der Waals surface area (Å²) in [5, 5.41) is 0. The predicted molar refractivity (Wildman–Crippen MR) is 74.4 cm³/mol. The smallest absolute Gasteiger partial charge is 0.172 e. The molecule has 1 aromatic rings. The average molecular weight is 252 g/mol. The highest BCUT2D eigenvalue weighted by atomic mass is 32.2. The van der Waals surface area contributed by atoms with E-state index in [0.717, 1.165) is 34.6 Å². The molecule has 0 aliphatic heterocycles. The van der Waals surface area contributed by atoms with Gasteiger partial charge in [0.1, 0.15) is 5.75 Å². The molecule has 0 saturated heterocycles. The van der Waals surface area contributed by atoms with E-state index in [-0.39, 0.29) is 5.78 Å². The van der Waals surface area contributed by atoms with E-state index in [1.165, 1.54) is 0 Å². The molecule has 0 bridgehead atoms. The van der Waals surface area contributed by atoms with Crippen LogP contribution in [0.2, 0.25) is 0 Å². The van der Waals surface area contributed by atoms with Gasteiger partial charge in [0.2, 0.25) is 0 Å². The fourth-order valence-corrected chi connectivity index (χ4v) is 2.48. The highest BCUT2D eigenvalue weighted by molar-refractivity contribution is 7.99. The Labute approximate surface area is 108 Å². The largest absolute Gasteiger partial charge is 0.496 e. The highest BCUT2D eigenvalue weighted by Crippen LogP contribution is 2.24. The van der Waals surface area contributed by atoms with Gasteiger partial charge >= 0.3 is 0 Å². The second-order valence-electron chi connectivity index (χ2n) is 4.04. The Balaban J connectivity index is 2.84. The molecule has 0 aliphatic rings. The van der Waals surface area contributed by atoms with Crippen LogP contribution in [0.15, 0.2) is 12.1 Å². The lowest BCUT2D eigenvalue weighted by molar-refractivity contribution is 0.102. The molecule has 3 heteroatoms. The van der Waals surface area contributed by atoms with Gasteiger partial charge in [-0.15, -0.1) is 0 Å². The zero-order chi connectivity index (χ0) is 12.8. The number of ether oxygens (including phenoxy) is 1. The maximum Gasteiger partial charge on any atom is 0.172 e. The van der Waals surface area contributed by atoms with E-state index in [4.69, 9.17) is 4.74 Å². The monoisotopic (exact) mass is 252 g/mol. The van der Waals surface area contributed by atoms with Crippen LogP contribution >= 0.6 is 11.8 Å². The molecular formula is C14H20O2S. The maximum absolute atomic E-state index is 12.0. The Morgan fingerprint density at radius 2 is 2.00 bits per heavy atom. The molecule has 0 unspecified atom stereocenters. The summed E-state index contributed by atoms with van der Waals surface area (Å²) in [5.41, 5.74) is 2.91. The zero-order valence-corrected chi connectivity index (χ0v) is 11.8. The molecule has 0 spiro atoms. The van der Waals surface area contributed by atoms with Crippen molar-refractivity contribution in [3.05, 3.63) is 28.8 Å². The van der Waals surface area contributed by atoms with Crippen LogP contribution in [-0.2, 0) is 0 Å². The molecule has 94 valence electrons. The minimum Gasteiger partial charge on any atom is -0.496 e. The average Bonchev–Trinajstić information content (AvgIpc) is 2.32. The van der Waals surface area contributed by atoms with E-state index in [0.29, 0.717) is 5.75 Å². The molecule has 2 nitrogen and oxygen atoms in total. The first-order chi connectivity index (χ1) is 8.11. The molecule has 0 aromatic heterocycles. The Morgan fingerprint density at radius 3 is 2.59 bits per heavy atom. The van der Waals surface area contributed by atoms with Gasteiger partial charge in [-0.3, -0.25) is 4.79 Å². The lowest BCUT2D eigenvalue weighted by Gasteiger charge is -2.11. The summed E-state index contributed by atoms with van der Waals surface area (Å²) in [4.78, 5) is 12.0. The maximum atomic E-state index is 12.0. The number of Topliss-reactive ketones (excluding diaryl/α,β-unsaturated/α-hetero) is 1. The van der Waals surface area contributed by atoms with Crippen molar-refractivity contribution in [2.75, 3.05) is 18.6 Å². The summed E-state index contributed by atoms with van der Waals surface area (Å²) >= 11 is 1.70. The van der Waals surface area contributed by atoms with Crippen molar-refractivity contribution in [3.63, 3.8) is 0 Å². The third kappa shape index (κ3) is 3.50. The Morgan fingerprint density at radius 1 is 1.29 bits per heavy atom. The molecule has 1 rings (SSSR count). The van der Waals surface area contributed by atoms with Crippen molar-refractivity contribution in [3.8, 4) is 5.75 Å². The number of hydrogen-bond donors (Lipinski definition) is 0. The highest BCUT2D eigenvalue weighted by Gasteiger charge is 2.12. The third-order valence-corrected chi connectivity index (χ3v) is 4.00. The van der Waals surface area contributed by atoms with Gasteiger partial charge in [-0.05, 0) is 49.3 Å². The molecular weight excluding hydrogens is 232 g/mol. The van der Waals surface area contributed by atoms with E-state index < -0.39 is 0 Å². The molecule has 0 fully saturated rings. The summed E-state index contributed by atoms with van der Waals surface area (Å²) in [6, 6.07) is 3.75. The second kappa shape index (κ2) is 6.70. The van der Waals surface area contributed by atoms with Crippen LogP contribution in [0.1, 0.15) is 34.8 Å². The van der Waals surface area contributed by atoms with Crippen LogP contribution in [0.25, 0.3) is 0 Å². The molecule has 0 aliphatic carbocycles. The number of thioether (sulfide) groups is 1. The van der Waals surface area contributed by atoms with Crippen molar-refractivity contribution in [1.29, 1.82) is 0 Å². The van der Waals surface area contributed by atoms with Crippen molar-refractivity contribution >= 4 is 17.5 Å². The van der Waals surface area contributed by atoms with Gasteiger partial charge in [0.15, 0.2) is 5.78 Å². The first kappa shape index (κ1) is 14.1. The molecule has 0 amide bonds. The first-order valence-electron chi connectivity index (χ1n) is 5.87. The van der Waals surface area contributed by atoms with Gasteiger partial charge in [-0.25, -0.2) is 0 Å². The van der Waals surface area contributed by atoms with Gasteiger partial charge in [-0.2, -0.15) is 11.8 Å². The predicted octanol–water partition coefficient (Wildman–Crippen LogP) is 3.64. The van der Waals surface area contributed by atoms with E-state index in [2.05, 4.69) is 6.92 Å². The second-order valence-corrected chi connectivity index (χ2v) is 5.15. The number of methoxy groups -OCH3 is 1. The van der Waals surface area contributed by atoms with Crippen LogP contribution in [0, 0.1) is 13.8 Å². The van der Waals surface area contributed by atoms with Crippen LogP contribution in [0.3, 0.4) is 0 Å². The first-order valence-corrected chi connectivity index (χ1v) is 7.02. The van der Waals surface area contributed by atoms with E-state index in [1.54, 1.807) is 18.9 Å². The topological polar surface area (TPSA) is 26.3 Å². The van der Waals surface area contributed by atoms with Gasteiger partial charge in [0.05, 0.1) is 12.9 Å². The van der Waals surface area contributed by atoms with Crippen molar-refractivity contribution < 1.29 is 9.53 Å². The Kier molecular flexibility index (Phi) is 5.56. The summed E-state index contributed by atoms with van der Waals surface area (Å²) in [6.07, 6.45) is 1.11. The fraction of sp³-hybridized carbons (Fsp3) is 0.500. The summed E-state index contributed by atoms with van der Waals surface area (Å²) in [5.74, 6) is 2.67. The lowest BCUT2D eigenvalue weighted by atomic mass is 10.00. The molecule has 1 aromatic carbocycles. The van der Waals surface area contributed by atoms with Crippen LogP contribution in [-0.4, -0.2) is 24.4 Å². The summed E-state index contributed by atoms with van der Waals surface area (Å²) in [7, 11) is 1.65. The van der Waals surface area contributed by atoms with Crippen LogP contribution < -0.4 is 4.74 Å². The number of carbonyl (C=O) groups excluding carboxylic acids is 1. The quantitative estimate of drug-likeness (QED) is 0.571.